The van der Waals surface area contributed by atoms with Gasteiger partial charge in [0.05, 0.1) is 0 Å². The van der Waals surface area contributed by atoms with Gasteiger partial charge in [-0.05, 0) is 54.2 Å². The number of nitrogens with one attached hydrogen (secondary N) is 1. The van der Waals surface area contributed by atoms with Gasteiger partial charge in [-0.3, -0.25) is 4.79 Å². The molecule has 0 spiro atoms. The Hall–Kier alpha value is -0.830. The van der Waals surface area contributed by atoms with Gasteiger partial charge in [0.2, 0.25) is 5.91 Å². The number of aryl methyl sites for hydroxylation is 1. The number of hydrogen-bond acceptors (Lipinski definition) is 1. The summed E-state index contributed by atoms with van der Waals surface area (Å²) in [5.41, 5.74) is 4.07. The fourth-order valence-corrected chi connectivity index (χ4v) is 5.16. The van der Waals surface area contributed by atoms with E-state index in [0.29, 0.717) is 22.6 Å². The molecule has 114 valence electrons. The summed E-state index contributed by atoms with van der Waals surface area (Å²) in [6.07, 6.45) is 6.54. The van der Waals surface area contributed by atoms with E-state index < -0.39 is 0 Å². The van der Waals surface area contributed by atoms with Gasteiger partial charge in [0.1, 0.15) is 0 Å². The number of benzene rings is 1. The zero-order valence-corrected chi connectivity index (χ0v) is 14.5. The van der Waals surface area contributed by atoms with Crippen LogP contribution < -0.4 is 5.32 Å². The van der Waals surface area contributed by atoms with Crippen molar-refractivity contribution in [2.75, 3.05) is 5.32 Å². The molecule has 0 saturated heterocycles. The summed E-state index contributed by atoms with van der Waals surface area (Å²) in [5, 5.41) is 3.02. The molecule has 1 N–H and O–H groups in total. The van der Waals surface area contributed by atoms with Gasteiger partial charge in [-0.2, -0.15) is 0 Å². The second-order valence-corrected chi connectivity index (χ2v) is 8.19. The summed E-state index contributed by atoms with van der Waals surface area (Å²) in [6, 6.07) is 6.57. The lowest BCUT2D eigenvalue weighted by Crippen LogP contribution is -2.21. The van der Waals surface area contributed by atoms with Crippen molar-refractivity contribution < 1.29 is 4.79 Å². The van der Waals surface area contributed by atoms with Crippen molar-refractivity contribution in [3.8, 4) is 0 Å². The largest absolute Gasteiger partial charge is 0.326 e. The molecule has 3 heteroatoms. The third-order valence-electron chi connectivity index (χ3n) is 5.27. The highest BCUT2D eigenvalue weighted by atomic mass is 79.9. The topological polar surface area (TPSA) is 29.1 Å². The van der Waals surface area contributed by atoms with Gasteiger partial charge in [0.25, 0.3) is 0 Å². The van der Waals surface area contributed by atoms with Crippen LogP contribution in [0.15, 0.2) is 18.2 Å². The molecule has 1 aliphatic carbocycles. The zero-order valence-electron chi connectivity index (χ0n) is 12.9. The lowest BCUT2D eigenvalue weighted by molar-refractivity contribution is -0.116. The minimum Gasteiger partial charge on any atom is -0.326 e. The molecule has 1 saturated carbocycles. The Morgan fingerprint density at radius 3 is 2.81 bits per heavy atom. The first kappa shape index (κ1) is 15.1. The molecule has 1 heterocycles. The molecular formula is C18H24BrNO. The fraction of sp³-hybridized carbons (Fsp3) is 0.611. The molecule has 1 aromatic carbocycles. The van der Waals surface area contributed by atoms with E-state index in [9.17, 15) is 4.79 Å². The number of anilines is 1. The van der Waals surface area contributed by atoms with Gasteiger partial charge in [0.15, 0.2) is 0 Å². The molecule has 0 aromatic heterocycles. The average Bonchev–Trinajstić information content (AvgIpc) is 2.67. The van der Waals surface area contributed by atoms with Gasteiger partial charge >= 0.3 is 0 Å². The Kier molecular flexibility index (Phi) is 4.13. The maximum absolute atomic E-state index is 11.6. The lowest BCUT2D eigenvalue weighted by atomic mass is 9.78. The van der Waals surface area contributed by atoms with Crippen molar-refractivity contribution in [1.82, 2.24) is 0 Å². The Balaban J connectivity index is 1.86. The first-order valence-electron chi connectivity index (χ1n) is 8.04. The standard InChI is InChI=1S/C18H24BrNO/c1-18(2)10-4-6-14(18)17(19)13-8-9-15-12(11-13)5-3-7-16(21)20-15/h8-9,11,14,17H,3-7,10H2,1-2H3,(H,20,21). The van der Waals surface area contributed by atoms with Crippen LogP contribution >= 0.6 is 15.9 Å². The molecule has 1 fully saturated rings. The van der Waals surface area contributed by atoms with Crippen LogP contribution in [0.3, 0.4) is 0 Å². The van der Waals surface area contributed by atoms with Crippen LogP contribution in [0.2, 0.25) is 0 Å². The molecule has 0 bridgehead atoms. The van der Waals surface area contributed by atoms with Crippen molar-refractivity contribution in [3.63, 3.8) is 0 Å². The number of alkyl halides is 1. The molecule has 2 nitrogen and oxygen atoms in total. The highest BCUT2D eigenvalue weighted by Gasteiger charge is 2.39. The number of carbonyl (C=O) groups excluding carboxylic acids is 1. The van der Waals surface area contributed by atoms with Crippen LogP contribution in [-0.4, -0.2) is 5.91 Å². The summed E-state index contributed by atoms with van der Waals surface area (Å²) in [7, 11) is 0. The molecule has 21 heavy (non-hydrogen) atoms. The Morgan fingerprint density at radius 2 is 2.10 bits per heavy atom. The summed E-state index contributed by atoms with van der Waals surface area (Å²) >= 11 is 3.96. The third-order valence-corrected chi connectivity index (χ3v) is 6.43. The smallest absolute Gasteiger partial charge is 0.224 e. The first-order chi connectivity index (χ1) is 9.97. The van der Waals surface area contributed by atoms with Gasteiger partial charge in [-0.15, -0.1) is 0 Å². The predicted octanol–water partition coefficient (Wildman–Crippen LogP) is 5.22. The Morgan fingerprint density at radius 1 is 1.29 bits per heavy atom. The first-order valence-corrected chi connectivity index (χ1v) is 8.96. The summed E-state index contributed by atoms with van der Waals surface area (Å²) in [4.78, 5) is 12.1. The number of amides is 1. The number of hydrogen-bond donors (Lipinski definition) is 1. The molecule has 2 unspecified atom stereocenters. The maximum Gasteiger partial charge on any atom is 0.224 e. The summed E-state index contributed by atoms with van der Waals surface area (Å²) in [6.45, 7) is 4.78. The van der Waals surface area contributed by atoms with Crippen molar-refractivity contribution in [2.45, 2.75) is 57.2 Å². The highest BCUT2D eigenvalue weighted by Crippen LogP contribution is 2.52. The van der Waals surface area contributed by atoms with Gasteiger partial charge in [0, 0.05) is 16.9 Å². The molecule has 1 aromatic rings. The van der Waals surface area contributed by atoms with Crippen LogP contribution in [0.1, 0.15) is 61.9 Å². The SMILES string of the molecule is CC1(C)CCCC1C(Br)c1ccc2c(c1)CCCC(=O)N2. The molecule has 0 radical (unpaired) electrons. The molecular weight excluding hydrogens is 326 g/mol. The van der Waals surface area contributed by atoms with E-state index in [1.165, 1.54) is 30.4 Å². The van der Waals surface area contributed by atoms with Gasteiger partial charge in [-0.25, -0.2) is 0 Å². The fourth-order valence-electron chi connectivity index (χ4n) is 3.89. The number of rotatable bonds is 2. The monoisotopic (exact) mass is 349 g/mol. The molecule has 1 aliphatic heterocycles. The Labute approximate surface area is 135 Å². The third kappa shape index (κ3) is 3.03. The van der Waals surface area contributed by atoms with Crippen LogP contribution in [0.4, 0.5) is 5.69 Å². The normalized spacial score (nSPS) is 25.9. The summed E-state index contributed by atoms with van der Waals surface area (Å²) < 4.78 is 0. The molecule has 2 aliphatic rings. The van der Waals surface area contributed by atoms with E-state index in [1.807, 2.05) is 0 Å². The zero-order chi connectivity index (χ0) is 15.0. The van der Waals surface area contributed by atoms with E-state index in [-0.39, 0.29) is 5.91 Å². The van der Waals surface area contributed by atoms with Gasteiger partial charge in [-0.1, -0.05) is 48.3 Å². The van der Waals surface area contributed by atoms with Crippen molar-refractivity contribution in [2.24, 2.45) is 11.3 Å². The van der Waals surface area contributed by atoms with Crippen LogP contribution in [-0.2, 0) is 11.2 Å². The van der Waals surface area contributed by atoms with E-state index >= 15 is 0 Å². The Bertz CT molecular complexity index is 552. The van der Waals surface area contributed by atoms with E-state index in [2.05, 4.69) is 53.3 Å². The highest BCUT2D eigenvalue weighted by molar-refractivity contribution is 9.09. The van der Waals surface area contributed by atoms with Gasteiger partial charge < -0.3 is 5.32 Å². The van der Waals surface area contributed by atoms with E-state index in [0.717, 1.165) is 18.5 Å². The van der Waals surface area contributed by atoms with Crippen molar-refractivity contribution in [1.29, 1.82) is 0 Å². The van der Waals surface area contributed by atoms with Crippen molar-refractivity contribution in [3.05, 3.63) is 29.3 Å². The van der Waals surface area contributed by atoms with Crippen LogP contribution in [0.5, 0.6) is 0 Å². The average molecular weight is 350 g/mol. The van der Waals surface area contributed by atoms with E-state index in [4.69, 9.17) is 0 Å². The molecule has 2 atom stereocenters. The van der Waals surface area contributed by atoms with Crippen molar-refractivity contribution >= 4 is 27.5 Å². The summed E-state index contributed by atoms with van der Waals surface area (Å²) in [5.74, 6) is 0.838. The quantitative estimate of drug-likeness (QED) is 0.728. The minimum absolute atomic E-state index is 0.147. The second-order valence-electron chi connectivity index (χ2n) is 7.21. The van der Waals surface area contributed by atoms with Crippen LogP contribution in [0, 0.1) is 11.3 Å². The minimum atomic E-state index is 0.147. The van der Waals surface area contributed by atoms with Crippen LogP contribution in [0.25, 0.3) is 0 Å². The second kappa shape index (κ2) is 5.75. The molecule has 3 rings (SSSR count). The number of halogens is 1. The maximum atomic E-state index is 11.6. The number of carbonyl (C=O) groups is 1. The predicted molar refractivity (Wildman–Crippen MR) is 90.8 cm³/mol. The number of fused-ring (bicyclic) bond motifs is 1. The lowest BCUT2D eigenvalue weighted by Gasteiger charge is -2.31. The van der Waals surface area contributed by atoms with E-state index in [1.54, 1.807) is 0 Å². The molecule has 1 amide bonds.